The number of anilines is 2. The van der Waals surface area contributed by atoms with Crippen molar-refractivity contribution in [3.8, 4) is 0 Å². The van der Waals surface area contributed by atoms with Crippen molar-refractivity contribution in [3.05, 3.63) is 23.8 Å². The van der Waals surface area contributed by atoms with Crippen LogP contribution in [0, 0.1) is 6.92 Å². The molecule has 0 unspecified atom stereocenters. The molecule has 3 N–H and O–H groups in total. The molecule has 5 nitrogen and oxygen atoms in total. The average Bonchev–Trinajstić information content (AvgIpc) is 2.42. The van der Waals surface area contributed by atoms with Gasteiger partial charge < -0.3 is 11.1 Å². The van der Waals surface area contributed by atoms with E-state index in [2.05, 4.69) is 5.32 Å². The first kappa shape index (κ1) is 17.5. The Morgan fingerprint density at radius 2 is 1.95 bits per heavy atom. The highest BCUT2D eigenvalue weighted by atomic mass is 32.2. The first-order valence-electron chi connectivity index (χ1n) is 7.21. The van der Waals surface area contributed by atoms with Gasteiger partial charge in [-0.15, -0.1) is 0 Å². The number of hydrogen-bond acceptors (Lipinski definition) is 4. The van der Waals surface area contributed by atoms with Gasteiger partial charge in [0.15, 0.2) is 9.84 Å². The van der Waals surface area contributed by atoms with Gasteiger partial charge in [0.05, 0.1) is 11.5 Å². The van der Waals surface area contributed by atoms with Crippen LogP contribution in [0.5, 0.6) is 0 Å². The number of carbonyl (C=O) groups is 1. The van der Waals surface area contributed by atoms with Crippen LogP contribution in [0.1, 0.15) is 38.2 Å². The fourth-order valence-electron chi connectivity index (χ4n) is 1.92. The summed E-state index contributed by atoms with van der Waals surface area (Å²) in [4.78, 5) is 11.8. The Bertz CT molecular complexity index is 583. The van der Waals surface area contributed by atoms with Crippen LogP contribution in [0.25, 0.3) is 0 Å². The predicted octanol–water partition coefficient (Wildman–Crippen LogP) is 2.51. The molecule has 1 rings (SSSR count). The van der Waals surface area contributed by atoms with Gasteiger partial charge in [0.1, 0.15) is 0 Å². The lowest BCUT2D eigenvalue weighted by molar-refractivity contribution is -0.115. The van der Waals surface area contributed by atoms with Crippen molar-refractivity contribution in [2.45, 2.75) is 39.5 Å². The van der Waals surface area contributed by atoms with Crippen molar-refractivity contribution in [2.75, 3.05) is 22.6 Å². The molecule has 118 valence electrons. The summed E-state index contributed by atoms with van der Waals surface area (Å²) in [5.41, 5.74) is 7.77. The number of sulfone groups is 1. The van der Waals surface area contributed by atoms with Crippen molar-refractivity contribution < 1.29 is 13.2 Å². The summed E-state index contributed by atoms with van der Waals surface area (Å²) in [6.07, 6.45) is 2.51. The number of nitrogen functional groups attached to an aromatic ring is 1. The number of unbranched alkanes of at least 4 members (excludes halogenated alkanes) is 2. The molecule has 0 heterocycles. The van der Waals surface area contributed by atoms with E-state index in [1.165, 1.54) is 0 Å². The van der Waals surface area contributed by atoms with E-state index >= 15 is 0 Å². The van der Waals surface area contributed by atoms with Crippen molar-refractivity contribution in [1.29, 1.82) is 0 Å². The van der Waals surface area contributed by atoms with Crippen molar-refractivity contribution in [1.82, 2.24) is 0 Å². The lowest BCUT2D eigenvalue weighted by atomic mass is 10.1. The summed E-state index contributed by atoms with van der Waals surface area (Å²) in [5.74, 6) is -0.252. The molecule has 0 aliphatic heterocycles. The highest BCUT2D eigenvalue weighted by Gasteiger charge is 2.14. The minimum atomic E-state index is -3.14. The number of rotatable bonds is 8. The summed E-state index contributed by atoms with van der Waals surface area (Å²) in [6, 6.07) is 5.25. The van der Waals surface area contributed by atoms with Crippen LogP contribution in [0.15, 0.2) is 18.2 Å². The molecular formula is C15H24N2O3S. The van der Waals surface area contributed by atoms with E-state index in [1.807, 2.05) is 13.8 Å². The van der Waals surface area contributed by atoms with Crippen LogP contribution in [0.3, 0.4) is 0 Å². The fourth-order valence-corrected chi connectivity index (χ4v) is 3.27. The molecular weight excluding hydrogens is 288 g/mol. The quantitative estimate of drug-likeness (QED) is 0.570. The molecule has 0 radical (unpaired) electrons. The van der Waals surface area contributed by atoms with Gasteiger partial charge in [-0.3, -0.25) is 4.79 Å². The summed E-state index contributed by atoms with van der Waals surface area (Å²) < 4.78 is 23.6. The molecule has 0 saturated carbocycles. The summed E-state index contributed by atoms with van der Waals surface area (Å²) >= 11 is 0. The van der Waals surface area contributed by atoms with Crippen molar-refractivity contribution in [2.24, 2.45) is 0 Å². The second-order valence-electron chi connectivity index (χ2n) is 5.18. The molecule has 1 amide bonds. The topological polar surface area (TPSA) is 89.3 Å². The number of benzene rings is 1. The molecule has 0 bridgehead atoms. The Hall–Kier alpha value is -1.56. The Balaban J connectivity index is 2.49. The van der Waals surface area contributed by atoms with Crippen LogP contribution >= 0.6 is 0 Å². The normalized spacial score (nSPS) is 11.3. The van der Waals surface area contributed by atoms with Gasteiger partial charge in [-0.1, -0.05) is 25.8 Å². The molecule has 0 aromatic heterocycles. The third-order valence-corrected chi connectivity index (χ3v) is 5.09. The second kappa shape index (κ2) is 8.02. The summed E-state index contributed by atoms with van der Waals surface area (Å²) in [7, 11) is -3.14. The SMILES string of the molecule is CCCCCS(=O)(=O)CCC(=O)Nc1cccc(N)c1C. The molecule has 21 heavy (non-hydrogen) atoms. The van der Waals surface area contributed by atoms with E-state index in [4.69, 9.17) is 5.73 Å². The van der Waals surface area contributed by atoms with Gasteiger partial charge in [0.25, 0.3) is 0 Å². The molecule has 0 spiro atoms. The van der Waals surface area contributed by atoms with Gasteiger partial charge in [0, 0.05) is 17.8 Å². The van der Waals surface area contributed by atoms with Crippen molar-refractivity contribution >= 4 is 27.1 Å². The zero-order valence-corrected chi connectivity index (χ0v) is 13.5. The molecule has 0 fully saturated rings. The minimum absolute atomic E-state index is 0.0251. The maximum Gasteiger partial charge on any atom is 0.225 e. The number of amides is 1. The van der Waals surface area contributed by atoms with E-state index in [9.17, 15) is 13.2 Å². The van der Waals surface area contributed by atoms with Crippen LogP contribution < -0.4 is 11.1 Å². The lowest BCUT2D eigenvalue weighted by Crippen LogP contribution is -2.19. The van der Waals surface area contributed by atoms with E-state index in [0.717, 1.165) is 18.4 Å². The molecule has 0 aliphatic rings. The van der Waals surface area contributed by atoms with Crippen LogP contribution in [0.4, 0.5) is 11.4 Å². The molecule has 1 aromatic carbocycles. The monoisotopic (exact) mass is 312 g/mol. The number of hydrogen-bond donors (Lipinski definition) is 2. The molecule has 1 aromatic rings. The molecule has 0 saturated heterocycles. The zero-order chi connectivity index (χ0) is 15.9. The summed E-state index contributed by atoms with van der Waals surface area (Å²) in [6.45, 7) is 3.83. The van der Waals surface area contributed by atoms with Gasteiger partial charge in [0.2, 0.25) is 5.91 Å². The van der Waals surface area contributed by atoms with Crippen LogP contribution in [-0.4, -0.2) is 25.8 Å². The third kappa shape index (κ3) is 6.16. The third-order valence-electron chi connectivity index (χ3n) is 3.35. The minimum Gasteiger partial charge on any atom is -0.398 e. The highest BCUT2D eigenvalue weighted by molar-refractivity contribution is 7.91. The van der Waals surface area contributed by atoms with Gasteiger partial charge in [-0.25, -0.2) is 8.42 Å². The Labute approximate surface area is 126 Å². The number of nitrogens with one attached hydrogen (secondary N) is 1. The summed E-state index contributed by atoms with van der Waals surface area (Å²) in [5, 5.41) is 2.71. The maximum atomic E-state index is 11.8. The molecule has 6 heteroatoms. The smallest absolute Gasteiger partial charge is 0.225 e. The largest absolute Gasteiger partial charge is 0.398 e. The Morgan fingerprint density at radius 1 is 1.24 bits per heavy atom. The fraction of sp³-hybridized carbons (Fsp3) is 0.533. The van der Waals surface area contributed by atoms with Crippen LogP contribution in [0.2, 0.25) is 0 Å². The van der Waals surface area contributed by atoms with Crippen LogP contribution in [-0.2, 0) is 14.6 Å². The van der Waals surface area contributed by atoms with E-state index in [-0.39, 0.29) is 23.8 Å². The zero-order valence-electron chi connectivity index (χ0n) is 12.7. The first-order chi connectivity index (χ1) is 9.85. The standard InChI is InChI=1S/C15H24N2O3S/c1-3-4-5-10-21(19,20)11-9-15(18)17-14-8-6-7-13(16)12(14)2/h6-8H,3-5,9-11,16H2,1-2H3,(H,17,18). The predicted molar refractivity (Wildman–Crippen MR) is 87.0 cm³/mol. The number of nitrogens with two attached hydrogens (primary N) is 1. The van der Waals surface area contributed by atoms with Gasteiger partial charge in [-0.2, -0.15) is 0 Å². The van der Waals surface area contributed by atoms with E-state index in [0.29, 0.717) is 17.8 Å². The Morgan fingerprint density at radius 3 is 2.62 bits per heavy atom. The van der Waals surface area contributed by atoms with Gasteiger partial charge >= 0.3 is 0 Å². The van der Waals surface area contributed by atoms with E-state index < -0.39 is 9.84 Å². The molecule has 0 aliphatic carbocycles. The maximum absolute atomic E-state index is 11.8. The highest BCUT2D eigenvalue weighted by Crippen LogP contribution is 2.20. The second-order valence-corrected chi connectivity index (χ2v) is 7.48. The van der Waals surface area contributed by atoms with Gasteiger partial charge in [-0.05, 0) is 31.0 Å². The molecule has 0 atom stereocenters. The Kier molecular flexibility index (Phi) is 6.68. The van der Waals surface area contributed by atoms with Crippen molar-refractivity contribution in [3.63, 3.8) is 0 Å². The average molecular weight is 312 g/mol. The first-order valence-corrected chi connectivity index (χ1v) is 9.03. The lowest BCUT2D eigenvalue weighted by Gasteiger charge is -2.10. The van der Waals surface area contributed by atoms with E-state index in [1.54, 1.807) is 18.2 Å². The number of carbonyl (C=O) groups excluding carboxylic acids is 1.